The van der Waals surface area contributed by atoms with Gasteiger partial charge in [0.15, 0.2) is 5.96 Å². The van der Waals surface area contributed by atoms with Gasteiger partial charge < -0.3 is 10.6 Å². The summed E-state index contributed by atoms with van der Waals surface area (Å²) in [6.07, 6.45) is 5.58. The Morgan fingerprint density at radius 3 is 2.91 bits per heavy atom. The molecule has 0 bridgehead atoms. The van der Waals surface area contributed by atoms with Gasteiger partial charge in [-0.15, -0.1) is 6.58 Å². The standard InChI is InChI=1S/C17H23N5/c1-3-9-19-17(18-4-2)20-13-15-7-5-8-16(12-15)14-22-11-6-10-21-22/h3,5-8,10-12H,1,4,9,13-14H2,2H3,(H2,18,19,20). The van der Waals surface area contributed by atoms with Crippen molar-refractivity contribution < 1.29 is 0 Å². The van der Waals surface area contributed by atoms with Crippen molar-refractivity contribution in [2.75, 3.05) is 13.1 Å². The molecule has 116 valence electrons. The second-order valence-corrected chi connectivity index (χ2v) is 4.89. The number of hydrogen-bond acceptors (Lipinski definition) is 2. The summed E-state index contributed by atoms with van der Waals surface area (Å²) in [5, 5.41) is 10.6. The van der Waals surface area contributed by atoms with Crippen molar-refractivity contribution in [3.63, 3.8) is 0 Å². The zero-order valence-electron chi connectivity index (χ0n) is 13.0. The van der Waals surface area contributed by atoms with E-state index >= 15 is 0 Å². The molecule has 2 rings (SSSR count). The highest BCUT2D eigenvalue weighted by Crippen LogP contribution is 2.08. The molecule has 0 atom stereocenters. The zero-order chi connectivity index (χ0) is 15.6. The van der Waals surface area contributed by atoms with Gasteiger partial charge in [-0.1, -0.05) is 30.3 Å². The first-order valence-electron chi connectivity index (χ1n) is 7.50. The molecule has 0 saturated heterocycles. The van der Waals surface area contributed by atoms with Crippen molar-refractivity contribution in [3.8, 4) is 0 Å². The molecular formula is C17H23N5. The van der Waals surface area contributed by atoms with Crippen LogP contribution < -0.4 is 10.6 Å². The van der Waals surface area contributed by atoms with E-state index in [2.05, 4.69) is 58.5 Å². The minimum absolute atomic E-state index is 0.638. The van der Waals surface area contributed by atoms with Gasteiger partial charge in [0.1, 0.15) is 0 Å². The van der Waals surface area contributed by atoms with Crippen LogP contribution in [0.25, 0.3) is 0 Å². The SMILES string of the molecule is C=CCNC(=NCc1cccc(Cn2cccn2)c1)NCC. The lowest BCUT2D eigenvalue weighted by atomic mass is 10.1. The van der Waals surface area contributed by atoms with Crippen LogP contribution in [0, 0.1) is 0 Å². The van der Waals surface area contributed by atoms with E-state index in [0.29, 0.717) is 13.1 Å². The van der Waals surface area contributed by atoms with Crippen molar-refractivity contribution in [3.05, 3.63) is 66.5 Å². The fraction of sp³-hybridized carbons (Fsp3) is 0.294. The van der Waals surface area contributed by atoms with E-state index < -0.39 is 0 Å². The molecule has 5 nitrogen and oxygen atoms in total. The third-order valence-electron chi connectivity index (χ3n) is 3.07. The van der Waals surface area contributed by atoms with E-state index in [1.54, 1.807) is 6.20 Å². The summed E-state index contributed by atoms with van der Waals surface area (Å²) in [5.74, 6) is 0.805. The van der Waals surface area contributed by atoms with E-state index in [1.165, 1.54) is 11.1 Å². The highest BCUT2D eigenvalue weighted by atomic mass is 15.3. The molecule has 0 fully saturated rings. The summed E-state index contributed by atoms with van der Waals surface area (Å²) in [6.45, 7) is 8.71. The molecule has 1 aromatic carbocycles. The van der Waals surface area contributed by atoms with Crippen LogP contribution in [0.1, 0.15) is 18.1 Å². The Labute approximate surface area is 131 Å². The maximum Gasteiger partial charge on any atom is 0.191 e. The smallest absolute Gasteiger partial charge is 0.191 e. The molecule has 22 heavy (non-hydrogen) atoms. The second-order valence-electron chi connectivity index (χ2n) is 4.89. The number of aromatic nitrogens is 2. The van der Waals surface area contributed by atoms with Crippen molar-refractivity contribution in [2.45, 2.75) is 20.0 Å². The second kappa shape index (κ2) is 8.67. The van der Waals surface area contributed by atoms with Crippen LogP contribution in [0.3, 0.4) is 0 Å². The van der Waals surface area contributed by atoms with Gasteiger partial charge in [0, 0.05) is 25.5 Å². The quantitative estimate of drug-likeness (QED) is 0.468. The first-order valence-corrected chi connectivity index (χ1v) is 7.50. The largest absolute Gasteiger partial charge is 0.357 e. The van der Waals surface area contributed by atoms with Gasteiger partial charge in [0.25, 0.3) is 0 Å². The summed E-state index contributed by atoms with van der Waals surface area (Å²) in [6, 6.07) is 10.4. The highest BCUT2D eigenvalue weighted by Gasteiger charge is 1.99. The average Bonchev–Trinajstić information content (AvgIpc) is 3.03. The third-order valence-corrected chi connectivity index (χ3v) is 3.07. The minimum atomic E-state index is 0.638. The van der Waals surface area contributed by atoms with Gasteiger partial charge in [0.05, 0.1) is 13.1 Å². The average molecular weight is 297 g/mol. The van der Waals surface area contributed by atoms with E-state index in [4.69, 9.17) is 0 Å². The number of nitrogens with one attached hydrogen (secondary N) is 2. The summed E-state index contributed by atoms with van der Waals surface area (Å²) >= 11 is 0. The minimum Gasteiger partial charge on any atom is -0.357 e. The third kappa shape index (κ3) is 5.09. The molecule has 0 aliphatic heterocycles. The number of hydrogen-bond donors (Lipinski definition) is 2. The number of aliphatic imine (C=N–C) groups is 1. The van der Waals surface area contributed by atoms with Crippen molar-refractivity contribution in [1.29, 1.82) is 0 Å². The van der Waals surface area contributed by atoms with Crippen LogP contribution in [0.15, 0.2) is 60.4 Å². The van der Waals surface area contributed by atoms with E-state index in [-0.39, 0.29) is 0 Å². The molecule has 0 unspecified atom stereocenters. The van der Waals surface area contributed by atoms with Crippen LogP contribution in [-0.4, -0.2) is 28.8 Å². The van der Waals surface area contributed by atoms with E-state index in [0.717, 1.165) is 19.0 Å². The topological polar surface area (TPSA) is 54.2 Å². The Kier molecular flexibility index (Phi) is 6.23. The van der Waals surface area contributed by atoms with Gasteiger partial charge in [-0.3, -0.25) is 4.68 Å². The molecule has 0 aliphatic carbocycles. The molecule has 0 radical (unpaired) electrons. The lowest BCUT2D eigenvalue weighted by molar-refractivity contribution is 0.686. The van der Waals surface area contributed by atoms with Gasteiger partial charge >= 0.3 is 0 Å². The molecule has 1 heterocycles. The monoisotopic (exact) mass is 297 g/mol. The van der Waals surface area contributed by atoms with E-state index in [9.17, 15) is 0 Å². The zero-order valence-corrected chi connectivity index (χ0v) is 13.0. The molecule has 0 amide bonds. The number of benzene rings is 1. The van der Waals surface area contributed by atoms with Gasteiger partial charge in [-0.2, -0.15) is 5.10 Å². The fourth-order valence-electron chi connectivity index (χ4n) is 2.09. The molecule has 2 aromatic rings. The van der Waals surface area contributed by atoms with Crippen LogP contribution in [0.5, 0.6) is 0 Å². The maximum absolute atomic E-state index is 4.58. The Bertz CT molecular complexity index is 601. The lowest BCUT2D eigenvalue weighted by Gasteiger charge is -2.10. The number of nitrogens with zero attached hydrogens (tertiary/aromatic N) is 3. The summed E-state index contributed by atoms with van der Waals surface area (Å²) < 4.78 is 1.91. The lowest BCUT2D eigenvalue weighted by Crippen LogP contribution is -2.37. The number of rotatable bonds is 7. The van der Waals surface area contributed by atoms with Crippen LogP contribution in [0.4, 0.5) is 0 Å². The Balaban J connectivity index is 2.00. The molecule has 1 aromatic heterocycles. The molecule has 0 saturated carbocycles. The van der Waals surface area contributed by atoms with Crippen molar-refractivity contribution >= 4 is 5.96 Å². The summed E-state index contributed by atoms with van der Waals surface area (Å²) in [5.41, 5.74) is 2.40. The molecular weight excluding hydrogens is 274 g/mol. The Morgan fingerprint density at radius 2 is 2.18 bits per heavy atom. The molecule has 0 spiro atoms. The van der Waals surface area contributed by atoms with Crippen molar-refractivity contribution in [2.24, 2.45) is 4.99 Å². The maximum atomic E-state index is 4.58. The Hall–Kier alpha value is -2.56. The predicted molar refractivity (Wildman–Crippen MR) is 90.8 cm³/mol. The highest BCUT2D eigenvalue weighted by molar-refractivity contribution is 5.79. The fourth-order valence-corrected chi connectivity index (χ4v) is 2.09. The van der Waals surface area contributed by atoms with Crippen molar-refractivity contribution in [1.82, 2.24) is 20.4 Å². The molecule has 2 N–H and O–H groups in total. The summed E-state index contributed by atoms with van der Waals surface area (Å²) in [4.78, 5) is 4.58. The van der Waals surface area contributed by atoms with E-state index in [1.807, 2.05) is 23.0 Å². The predicted octanol–water partition coefficient (Wildman–Crippen LogP) is 2.17. The normalized spacial score (nSPS) is 11.2. The van der Waals surface area contributed by atoms with Crippen LogP contribution in [-0.2, 0) is 13.1 Å². The number of guanidine groups is 1. The summed E-state index contributed by atoms with van der Waals surface area (Å²) in [7, 11) is 0. The van der Waals surface area contributed by atoms with Gasteiger partial charge in [0.2, 0.25) is 0 Å². The first-order chi connectivity index (χ1) is 10.8. The molecule has 0 aliphatic rings. The van der Waals surface area contributed by atoms with Gasteiger partial charge in [-0.25, -0.2) is 4.99 Å². The van der Waals surface area contributed by atoms with Crippen LogP contribution in [0.2, 0.25) is 0 Å². The van der Waals surface area contributed by atoms with Gasteiger partial charge in [-0.05, 0) is 24.1 Å². The molecule has 5 heteroatoms. The Morgan fingerprint density at radius 1 is 1.32 bits per heavy atom. The van der Waals surface area contributed by atoms with Crippen LogP contribution >= 0.6 is 0 Å². The first kappa shape index (κ1) is 15.8.